The van der Waals surface area contributed by atoms with Gasteiger partial charge in [0.25, 0.3) is 0 Å². The summed E-state index contributed by atoms with van der Waals surface area (Å²) >= 11 is 0. The van der Waals surface area contributed by atoms with Crippen LogP contribution in [0.3, 0.4) is 0 Å². The Morgan fingerprint density at radius 2 is 2.44 bits per heavy atom. The SMILES string of the molecule is COc1cccc(NC(C#N)CC(N)=O)c1. The van der Waals surface area contributed by atoms with E-state index in [2.05, 4.69) is 5.32 Å². The summed E-state index contributed by atoms with van der Waals surface area (Å²) in [6.45, 7) is 0. The first-order chi connectivity index (χ1) is 7.65. The van der Waals surface area contributed by atoms with Gasteiger partial charge in [0.05, 0.1) is 19.6 Å². The Morgan fingerprint density at radius 1 is 1.69 bits per heavy atom. The largest absolute Gasteiger partial charge is 0.497 e. The standard InChI is InChI=1S/C11H13N3O2/c1-16-10-4-2-3-8(5-10)14-9(7-12)6-11(13)15/h2-5,9,14H,6H2,1H3,(H2,13,15). The number of nitrogens with two attached hydrogens (primary N) is 1. The summed E-state index contributed by atoms with van der Waals surface area (Å²) in [5, 5.41) is 11.7. The number of methoxy groups -OCH3 is 1. The number of nitrogens with zero attached hydrogens (tertiary/aromatic N) is 1. The topological polar surface area (TPSA) is 88.1 Å². The first-order valence-corrected chi connectivity index (χ1v) is 4.74. The third-order valence-corrected chi connectivity index (χ3v) is 1.97. The van der Waals surface area contributed by atoms with Crippen LogP contribution in [-0.4, -0.2) is 19.1 Å². The summed E-state index contributed by atoms with van der Waals surface area (Å²) in [4.78, 5) is 10.7. The zero-order valence-electron chi connectivity index (χ0n) is 8.93. The molecule has 16 heavy (non-hydrogen) atoms. The lowest BCUT2D eigenvalue weighted by atomic mass is 10.2. The maximum atomic E-state index is 10.7. The lowest BCUT2D eigenvalue weighted by molar-refractivity contribution is -0.118. The smallest absolute Gasteiger partial charge is 0.220 e. The molecule has 0 aliphatic rings. The Labute approximate surface area is 93.8 Å². The fourth-order valence-electron chi connectivity index (χ4n) is 1.24. The van der Waals surface area contributed by atoms with Crippen molar-refractivity contribution in [2.24, 2.45) is 5.73 Å². The van der Waals surface area contributed by atoms with Gasteiger partial charge in [-0.2, -0.15) is 5.26 Å². The number of hydrogen-bond donors (Lipinski definition) is 2. The first-order valence-electron chi connectivity index (χ1n) is 4.74. The summed E-state index contributed by atoms with van der Waals surface area (Å²) in [6, 6.07) is 8.46. The molecule has 3 N–H and O–H groups in total. The second-order valence-corrected chi connectivity index (χ2v) is 3.23. The van der Waals surface area contributed by atoms with E-state index in [0.29, 0.717) is 11.4 Å². The summed E-state index contributed by atoms with van der Waals surface area (Å²) in [6.07, 6.45) is -0.0201. The highest BCUT2D eigenvalue weighted by Crippen LogP contribution is 2.17. The van der Waals surface area contributed by atoms with Gasteiger partial charge in [-0.15, -0.1) is 0 Å². The molecule has 5 heteroatoms. The molecule has 1 unspecified atom stereocenters. The van der Waals surface area contributed by atoms with Crippen molar-refractivity contribution in [1.29, 1.82) is 5.26 Å². The number of nitriles is 1. The number of benzene rings is 1. The molecule has 1 amide bonds. The van der Waals surface area contributed by atoms with E-state index in [4.69, 9.17) is 15.7 Å². The van der Waals surface area contributed by atoms with Gasteiger partial charge in [-0.3, -0.25) is 4.79 Å². The molecular weight excluding hydrogens is 206 g/mol. The van der Waals surface area contributed by atoms with E-state index in [1.165, 1.54) is 0 Å². The number of primary amides is 1. The lowest BCUT2D eigenvalue weighted by Gasteiger charge is -2.11. The van der Waals surface area contributed by atoms with Crippen LogP contribution >= 0.6 is 0 Å². The van der Waals surface area contributed by atoms with Gasteiger partial charge < -0.3 is 15.8 Å². The highest BCUT2D eigenvalue weighted by Gasteiger charge is 2.10. The van der Waals surface area contributed by atoms with E-state index in [1.54, 1.807) is 31.4 Å². The van der Waals surface area contributed by atoms with E-state index in [0.717, 1.165) is 0 Å². The van der Waals surface area contributed by atoms with Gasteiger partial charge in [0.1, 0.15) is 11.8 Å². The van der Waals surface area contributed by atoms with Crippen LogP contribution in [-0.2, 0) is 4.79 Å². The second kappa shape index (κ2) is 5.61. The van der Waals surface area contributed by atoms with Crippen molar-refractivity contribution in [2.45, 2.75) is 12.5 Å². The summed E-state index contributed by atoms with van der Waals surface area (Å²) in [7, 11) is 1.56. The minimum Gasteiger partial charge on any atom is -0.497 e. The number of carbonyl (C=O) groups is 1. The van der Waals surface area contributed by atoms with Gasteiger partial charge in [-0.05, 0) is 12.1 Å². The summed E-state index contributed by atoms with van der Waals surface area (Å²) < 4.78 is 5.04. The fourth-order valence-corrected chi connectivity index (χ4v) is 1.24. The minimum absolute atomic E-state index is 0.0201. The van der Waals surface area contributed by atoms with Gasteiger partial charge >= 0.3 is 0 Å². The molecule has 1 aromatic carbocycles. The molecule has 5 nitrogen and oxygen atoms in total. The van der Waals surface area contributed by atoms with Crippen LogP contribution in [0.4, 0.5) is 5.69 Å². The number of carbonyl (C=O) groups excluding carboxylic acids is 1. The Kier molecular flexibility index (Phi) is 4.16. The van der Waals surface area contributed by atoms with Crippen molar-refractivity contribution in [3.8, 4) is 11.8 Å². The lowest BCUT2D eigenvalue weighted by Crippen LogP contribution is -2.25. The van der Waals surface area contributed by atoms with E-state index in [1.807, 2.05) is 6.07 Å². The van der Waals surface area contributed by atoms with Crippen molar-refractivity contribution in [3.63, 3.8) is 0 Å². The van der Waals surface area contributed by atoms with E-state index in [-0.39, 0.29) is 6.42 Å². The Hall–Kier alpha value is -2.22. The molecule has 0 heterocycles. The molecule has 0 radical (unpaired) electrons. The van der Waals surface area contributed by atoms with Gasteiger partial charge in [0.15, 0.2) is 0 Å². The van der Waals surface area contributed by atoms with Crippen LogP contribution in [0.25, 0.3) is 0 Å². The zero-order valence-corrected chi connectivity index (χ0v) is 8.93. The molecule has 0 fully saturated rings. The molecule has 1 rings (SSSR count). The summed E-state index contributed by atoms with van der Waals surface area (Å²) in [5.74, 6) is 0.169. The molecule has 84 valence electrons. The van der Waals surface area contributed by atoms with Crippen LogP contribution in [0.15, 0.2) is 24.3 Å². The molecule has 0 saturated heterocycles. The van der Waals surface area contributed by atoms with Crippen molar-refractivity contribution in [2.75, 3.05) is 12.4 Å². The van der Waals surface area contributed by atoms with Crippen LogP contribution in [0.2, 0.25) is 0 Å². The first kappa shape index (κ1) is 11.9. The van der Waals surface area contributed by atoms with Crippen molar-refractivity contribution in [3.05, 3.63) is 24.3 Å². The monoisotopic (exact) mass is 219 g/mol. The predicted molar refractivity (Wildman–Crippen MR) is 59.8 cm³/mol. The third-order valence-electron chi connectivity index (χ3n) is 1.97. The molecule has 1 aromatic rings. The quantitative estimate of drug-likeness (QED) is 0.769. The highest BCUT2D eigenvalue weighted by atomic mass is 16.5. The second-order valence-electron chi connectivity index (χ2n) is 3.23. The number of amides is 1. The number of anilines is 1. The maximum absolute atomic E-state index is 10.7. The maximum Gasteiger partial charge on any atom is 0.220 e. The van der Waals surface area contributed by atoms with Crippen LogP contribution in [0, 0.1) is 11.3 Å². The van der Waals surface area contributed by atoms with Crippen molar-refractivity contribution in [1.82, 2.24) is 0 Å². The summed E-state index contributed by atoms with van der Waals surface area (Å²) in [5.41, 5.74) is 5.74. The zero-order chi connectivity index (χ0) is 12.0. The normalized spacial score (nSPS) is 11.2. The van der Waals surface area contributed by atoms with E-state index in [9.17, 15) is 4.79 Å². The molecule has 0 aromatic heterocycles. The van der Waals surface area contributed by atoms with Gasteiger partial charge in [0.2, 0.25) is 5.91 Å². The van der Waals surface area contributed by atoms with Gasteiger partial charge in [0, 0.05) is 11.8 Å². The minimum atomic E-state index is -0.621. The van der Waals surface area contributed by atoms with E-state index >= 15 is 0 Å². The molecular formula is C11H13N3O2. The third kappa shape index (κ3) is 3.50. The van der Waals surface area contributed by atoms with Crippen molar-refractivity contribution >= 4 is 11.6 Å². The molecule has 0 spiro atoms. The molecule has 0 aliphatic heterocycles. The van der Waals surface area contributed by atoms with Crippen LogP contribution < -0.4 is 15.8 Å². The molecule has 0 aliphatic carbocycles. The Morgan fingerprint density at radius 3 is 3.00 bits per heavy atom. The Balaban J connectivity index is 2.70. The number of ether oxygens (including phenoxy) is 1. The molecule has 0 saturated carbocycles. The van der Waals surface area contributed by atoms with E-state index < -0.39 is 11.9 Å². The fraction of sp³-hybridized carbons (Fsp3) is 0.273. The number of rotatable bonds is 5. The van der Waals surface area contributed by atoms with Crippen LogP contribution in [0.1, 0.15) is 6.42 Å². The van der Waals surface area contributed by atoms with Gasteiger partial charge in [-0.1, -0.05) is 6.07 Å². The molecule has 0 bridgehead atoms. The average Bonchev–Trinajstić information content (AvgIpc) is 2.28. The number of hydrogen-bond acceptors (Lipinski definition) is 4. The van der Waals surface area contributed by atoms with Crippen LogP contribution in [0.5, 0.6) is 5.75 Å². The Bertz CT molecular complexity index is 412. The average molecular weight is 219 g/mol. The number of nitrogens with one attached hydrogen (secondary N) is 1. The highest BCUT2D eigenvalue weighted by molar-refractivity contribution is 5.75. The molecule has 1 atom stereocenters. The van der Waals surface area contributed by atoms with Gasteiger partial charge in [-0.25, -0.2) is 0 Å². The van der Waals surface area contributed by atoms with Crippen molar-refractivity contribution < 1.29 is 9.53 Å². The predicted octanol–water partition coefficient (Wildman–Crippen LogP) is 0.875.